The summed E-state index contributed by atoms with van der Waals surface area (Å²) in [5, 5.41) is 3.35. The van der Waals surface area contributed by atoms with E-state index in [9.17, 15) is 4.79 Å². The number of para-hydroxylation sites is 2. The van der Waals surface area contributed by atoms with E-state index in [2.05, 4.69) is 10.3 Å². The fourth-order valence-electron chi connectivity index (χ4n) is 2.61. The fraction of sp³-hybridized carbons (Fsp3) is 0.462. The Morgan fingerprint density at radius 1 is 1.22 bits per heavy atom. The molecular weight excluding hydrogens is 250 g/mol. The van der Waals surface area contributed by atoms with Crippen molar-refractivity contribution in [3.8, 4) is 0 Å². The molecule has 1 aromatic carbocycles. The number of nitrogens with zero attached hydrogens (tertiary/aromatic N) is 1. The van der Waals surface area contributed by atoms with Crippen LogP contribution in [0.1, 0.15) is 12.8 Å². The zero-order valence-electron chi connectivity index (χ0n) is 10.2. The van der Waals surface area contributed by atoms with Crippen molar-refractivity contribution in [3.63, 3.8) is 0 Å². The molecule has 1 fully saturated rings. The Bertz CT molecular complexity index is 569. The lowest BCUT2D eigenvalue weighted by molar-refractivity contribution is 0.333. The molecule has 0 atom stereocenters. The molecule has 2 heterocycles. The topological polar surface area (TPSA) is 49.8 Å². The summed E-state index contributed by atoms with van der Waals surface area (Å²) in [6.07, 6.45) is 2.32. The van der Waals surface area contributed by atoms with Crippen LogP contribution in [0.5, 0.6) is 0 Å². The van der Waals surface area contributed by atoms with E-state index in [1.807, 2.05) is 28.8 Å². The van der Waals surface area contributed by atoms with E-state index < -0.39 is 0 Å². The number of benzene rings is 1. The van der Waals surface area contributed by atoms with Gasteiger partial charge in [0, 0.05) is 6.54 Å². The Hall–Kier alpha value is -1.26. The second kappa shape index (κ2) is 5.59. The molecule has 1 aliphatic rings. The van der Waals surface area contributed by atoms with Crippen molar-refractivity contribution in [2.75, 3.05) is 13.1 Å². The van der Waals surface area contributed by atoms with Crippen LogP contribution in [0.15, 0.2) is 29.1 Å². The SMILES string of the molecule is Cl.O=c1[nH]c2ccccc2n1CC1CCNCC1. The molecule has 18 heavy (non-hydrogen) atoms. The monoisotopic (exact) mass is 267 g/mol. The normalized spacial score (nSPS) is 16.7. The molecule has 0 spiro atoms. The number of piperidine rings is 1. The molecule has 3 rings (SSSR count). The number of H-pyrrole nitrogens is 1. The predicted octanol–water partition coefficient (Wildman–Crippen LogP) is 1.75. The molecule has 2 N–H and O–H groups in total. The van der Waals surface area contributed by atoms with Crippen molar-refractivity contribution >= 4 is 23.4 Å². The highest BCUT2D eigenvalue weighted by molar-refractivity contribution is 5.85. The molecule has 0 saturated carbocycles. The molecular formula is C13H18ClN3O. The molecule has 1 saturated heterocycles. The second-order valence-electron chi connectivity index (χ2n) is 4.75. The van der Waals surface area contributed by atoms with Gasteiger partial charge in [0.25, 0.3) is 0 Å². The van der Waals surface area contributed by atoms with Crippen molar-refractivity contribution in [2.45, 2.75) is 19.4 Å². The van der Waals surface area contributed by atoms with Gasteiger partial charge in [0.2, 0.25) is 0 Å². The van der Waals surface area contributed by atoms with Gasteiger partial charge in [0.15, 0.2) is 0 Å². The van der Waals surface area contributed by atoms with Crippen LogP contribution in [0, 0.1) is 5.92 Å². The first-order chi connectivity index (χ1) is 8.34. The number of halogens is 1. The Kier molecular flexibility index (Phi) is 4.09. The molecule has 98 valence electrons. The van der Waals surface area contributed by atoms with Crippen molar-refractivity contribution in [3.05, 3.63) is 34.7 Å². The number of hydrogen-bond donors (Lipinski definition) is 2. The highest BCUT2D eigenvalue weighted by Crippen LogP contribution is 2.16. The van der Waals surface area contributed by atoms with E-state index >= 15 is 0 Å². The number of aromatic amines is 1. The average Bonchev–Trinajstić information content (AvgIpc) is 2.68. The number of hydrogen-bond acceptors (Lipinski definition) is 2. The first-order valence-electron chi connectivity index (χ1n) is 6.23. The maximum absolute atomic E-state index is 11.9. The van der Waals surface area contributed by atoms with Gasteiger partial charge in [-0.15, -0.1) is 12.4 Å². The Labute approximate surface area is 112 Å². The zero-order chi connectivity index (χ0) is 11.7. The Balaban J connectivity index is 0.00000120. The van der Waals surface area contributed by atoms with Crippen molar-refractivity contribution in [2.24, 2.45) is 5.92 Å². The van der Waals surface area contributed by atoms with Gasteiger partial charge < -0.3 is 10.3 Å². The molecule has 0 bridgehead atoms. The fourth-order valence-corrected chi connectivity index (χ4v) is 2.61. The lowest BCUT2D eigenvalue weighted by Gasteiger charge is -2.22. The van der Waals surface area contributed by atoms with Crippen LogP contribution in [0.3, 0.4) is 0 Å². The lowest BCUT2D eigenvalue weighted by atomic mass is 9.98. The minimum atomic E-state index is 0. The van der Waals surface area contributed by atoms with Crippen LogP contribution in [0.25, 0.3) is 11.0 Å². The van der Waals surface area contributed by atoms with Gasteiger partial charge >= 0.3 is 5.69 Å². The van der Waals surface area contributed by atoms with Gasteiger partial charge in [-0.3, -0.25) is 4.57 Å². The number of fused-ring (bicyclic) bond motifs is 1. The van der Waals surface area contributed by atoms with E-state index in [1.54, 1.807) is 0 Å². The number of aromatic nitrogens is 2. The molecule has 1 aromatic heterocycles. The van der Waals surface area contributed by atoms with E-state index in [-0.39, 0.29) is 18.1 Å². The summed E-state index contributed by atoms with van der Waals surface area (Å²) in [5.41, 5.74) is 1.98. The van der Waals surface area contributed by atoms with Gasteiger partial charge in [0.1, 0.15) is 0 Å². The minimum absolute atomic E-state index is 0. The molecule has 0 radical (unpaired) electrons. The molecule has 2 aromatic rings. The third-order valence-electron chi connectivity index (χ3n) is 3.58. The maximum atomic E-state index is 11.9. The number of nitrogens with one attached hydrogen (secondary N) is 2. The van der Waals surface area contributed by atoms with Gasteiger partial charge in [-0.2, -0.15) is 0 Å². The van der Waals surface area contributed by atoms with E-state index in [0.29, 0.717) is 5.92 Å². The van der Waals surface area contributed by atoms with Crippen LogP contribution in [0.4, 0.5) is 0 Å². The Morgan fingerprint density at radius 2 is 1.94 bits per heavy atom. The van der Waals surface area contributed by atoms with Crippen molar-refractivity contribution < 1.29 is 0 Å². The molecule has 0 amide bonds. The quantitative estimate of drug-likeness (QED) is 0.871. The summed E-state index contributed by atoms with van der Waals surface area (Å²) in [6, 6.07) is 7.89. The van der Waals surface area contributed by atoms with Gasteiger partial charge in [-0.25, -0.2) is 4.79 Å². The van der Waals surface area contributed by atoms with E-state index in [0.717, 1.165) is 43.5 Å². The Morgan fingerprint density at radius 3 is 2.72 bits per heavy atom. The summed E-state index contributed by atoms with van der Waals surface area (Å²) in [4.78, 5) is 14.8. The highest BCUT2D eigenvalue weighted by atomic mass is 35.5. The van der Waals surface area contributed by atoms with Crippen molar-refractivity contribution in [1.82, 2.24) is 14.9 Å². The first kappa shape index (κ1) is 13.2. The summed E-state index contributed by atoms with van der Waals surface area (Å²) < 4.78 is 1.88. The summed E-state index contributed by atoms with van der Waals surface area (Å²) >= 11 is 0. The van der Waals surface area contributed by atoms with Crippen LogP contribution in [0.2, 0.25) is 0 Å². The highest BCUT2D eigenvalue weighted by Gasteiger charge is 2.16. The van der Waals surface area contributed by atoms with Crippen LogP contribution in [-0.4, -0.2) is 22.6 Å². The molecule has 0 unspecified atom stereocenters. The third kappa shape index (κ3) is 2.44. The molecule has 0 aliphatic carbocycles. The zero-order valence-corrected chi connectivity index (χ0v) is 11.0. The van der Waals surface area contributed by atoms with E-state index in [1.165, 1.54) is 0 Å². The van der Waals surface area contributed by atoms with Gasteiger partial charge in [0.05, 0.1) is 11.0 Å². The van der Waals surface area contributed by atoms with Crippen molar-refractivity contribution in [1.29, 1.82) is 0 Å². The van der Waals surface area contributed by atoms with Crippen LogP contribution >= 0.6 is 12.4 Å². The first-order valence-corrected chi connectivity index (χ1v) is 6.23. The van der Waals surface area contributed by atoms with E-state index in [4.69, 9.17) is 0 Å². The second-order valence-corrected chi connectivity index (χ2v) is 4.75. The molecule has 4 nitrogen and oxygen atoms in total. The third-order valence-corrected chi connectivity index (χ3v) is 3.58. The number of rotatable bonds is 2. The van der Waals surface area contributed by atoms with Gasteiger partial charge in [-0.05, 0) is 44.0 Å². The maximum Gasteiger partial charge on any atom is 0.326 e. The largest absolute Gasteiger partial charge is 0.326 e. The average molecular weight is 268 g/mol. The van der Waals surface area contributed by atoms with Gasteiger partial charge in [-0.1, -0.05) is 12.1 Å². The lowest BCUT2D eigenvalue weighted by Crippen LogP contribution is -2.31. The van der Waals surface area contributed by atoms with Crippen LogP contribution < -0.4 is 11.0 Å². The minimum Gasteiger partial charge on any atom is -0.317 e. The molecule has 1 aliphatic heterocycles. The summed E-state index contributed by atoms with van der Waals surface area (Å²) in [7, 11) is 0. The molecule has 5 heteroatoms. The summed E-state index contributed by atoms with van der Waals surface area (Å²) in [5.74, 6) is 0.619. The standard InChI is InChI=1S/C13H17N3O.ClH/c17-13-15-11-3-1-2-4-12(11)16(13)9-10-5-7-14-8-6-10;/h1-4,10,14H,5-9H2,(H,15,17);1H. The number of imidazole rings is 1. The summed E-state index contributed by atoms with van der Waals surface area (Å²) in [6.45, 7) is 2.98. The predicted molar refractivity (Wildman–Crippen MR) is 75.4 cm³/mol. The van der Waals surface area contributed by atoms with Crippen LogP contribution in [-0.2, 0) is 6.54 Å². The smallest absolute Gasteiger partial charge is 0.317 e.